The van der Waals surface area contributed by atoms with Crippen molar-refractivity contribution in [2.45, 2.75) is 19.7 Å². The van der Waals surface area contributed by atoms with E-state index >= 15 is 0 Å². The molecule has 0 unspecified atom stereocenters. The first-order valence-electron chi connectivity index (χ1n) is 12.0. The van der Waals surface area contributed by atoms with Crippen LogP contribution >= 0.6 is 0 Å². The minimum absolute atomic E-state index is 0.672. The number of pyridine rings is 1. The van der Waals surface area contributed by atoms with Crippen molar-refractivity contribution in [3.05, 3.63) is 115 Å². The number of furan rings is 1. The van der Waals surface area contributed by atoms with E-state index < -0.39 is 5.89 Å². The maximum Gasteiger partial charge on any atom is 0.135 e. The van der Waals surface area contributed by atoms with E-state index in [-0.39, 0.29) is 0 Å². The second-order valence-corrected chi connectivity index (χ2v) is 8.90. The standard InChI is InChI=1S/C32H25NO/c1-21(2)25-16-17-33-30(20-25)27-13-15-32-29(19-27)28-18-26(12-14-31(28)34-32)24-10-8-23(9-11-24)22-6-4-3-5-7-22/h3-21H,1-2H3/i21D. The number of nitrogens with zero attached hydrogens (tertiary/aromatic N) is 1. The van der Waals surface area contributed by atoms with Crippen LogP contribution in [0, 0.1) is 0 Å². The summed E-state index contributed by atoms with van der Waals surface area (Å²) in [6, 6.07) is 35.6. The molecule has 0 bridgehead atoms. The summed E-state index contributed by atoms with van der Waals surface area (Å²) in [4.78, 5) is 4.58. The van der Waals surface area contributed by atoms with Crippen molar-refractivity contribution in [3.63, 3.8) is 0 Å². The van der Waals surface area contributed by atoms with Gasteiger partial charge in [0.2, 0.25) is 0 Å². The highest BCUT2D eigenvalue weighted by molar-refractivity contribution is 6.07. The molecule has 0 saturated carbocycles. The Kier molecular flexibility index (Phi) is 4.72. The number of aromatic nitrogens is 1. The van der Waals surface area contributed by atoms with E-state index in [9.17, 15) is 0 Å². The molecular formula is C32H25NO. The van der Waals surface area contributed by atoms with Gasteiger partial charge in [-0.15, -0.1) is 0 Å². The first-order chi connectivity index (χ1) is 17.0. The molecule has 6 aromatic rings. The largest absolute Gasteiger partial charge is 0.456 e. The topological polar surface area (TPSA) is 26.0 Å². The molecule has 0 radical (unpaired) electrons. The van der Waals surface area contributed by atoms with E-state index in [0.29, 0.717) is 0 Å². The number of hydrogen-bond donors (Lipinski definition) is 0. The van der Waals surface area contributed by atoms with E-state index in [0.717, 1.165) is 44.3 Å². The van der Waals surface area contributed by atoms with Gasteiger partial charge in [0.25, 0.3) is 0 Å². The zero-order valence-electron chi connectivity index (χ0n) is 20.2. The summed E-state index contributed by atoms with van der Waals surface area (Å²) in [6.45, 7) is 3.79. The van der Waals surface area contributed by atoms with Gasteiger partial charge < -0.3 is 4.42 Å². The number of hydrogen-bond acceptors (Lipinski definition) is 2. The van der Waals surface area contributed by atoms with Crippen LogP contribution < -0.4 is 0 Å². The van der Waals surface area contributed by atoms with Crippen LogP contribution in [0.2, 0.25) is 0 Å². The van der Waals surface area contributed by atoms with Crippen molar-refractivity contribution >= 4 is 21.9 Å². The lowest BCUT2D eigenvalue weighted by Gasteiger charge is -2.07. The van der Waals surface area contributed by atoms with Gasteiger partial charge in [-0.25, -0.2) is 0 Å². The smallest absolute Gasteiger partial charge is 0.135 e. The molecular weight excluding hydrogens is 414 g/mol. The minimum atomic E-state index is -0.672. The molecule has 2 aromatic heterocycles. The van der Waals surface area contributed by atoms with Crippen molar-refractivity contribution in [3.8, 4) is 33.5 Å². The second-order valence-electron chi connectivity index (χ2n) is 8.90. The summed E-state index contributed by atoms with van der Waals surface area (Å²) in [7, 11) is 0. The molecule has 0 amide bonds. The highest BCUT2D eigenvalue weighted by Crippen LogP contribution is 2.35. The first kappa shape index (κ1) is 19.3. The minimum Gasteiger partial charge on any atom is -0.456 e. The Morgan fingerprint density at radius 1 is 0.618 bits per heavy atom. The maximum atomic E-state index is 8.37. The Bertz CT molecular complexity index is 1660. The predicted molar refractivity (Wildman–Crippen MR) is 142 cm³/mol. The van der Waals surface area contributed by atoms with Crippen LogP contribution in [0.1, 0.15) is 26.7 Å². The molecule has 0 spiro atoms. The van der Waals surface area contributed by atoms with Crippen LogP contribution in [0.5, 0.6) is 0 Å². The van der Waals surface area contributed by atoms with Crippen molar-refractivity contribution in [2.75, 3.05) is 0 Å². The average molecular weight is 441 g/mol. The van der Waals surface area contributed by atoms with Crippen LogP contribution in [-0.2, 0) is 0 Å². The van der Waals surface area contributed by atoms with Crippen LogP contribution in [0.3, 0.4) is 0 Å². The van der Waals surface area contributed by atoms with E-state index in [1.54, 1.807) is 6.20 Å². The van der Waals surface area contributed by atoms with Gasteiger partial charge in [0.05, 0.1) is 5.69 Å². The third kappa shape index (κ3) is 3.68. The summed E-state index contributed by atoms with van der Waals surface area (Å²) in [5, 5.41) is 2.15. The molecule has 34 heavy (non-hydrogen) atoms. The monoisotopic (exact) mass is 440 g/mol. The fraction of sp³-hybridized carbons (Fsp3) is 0.0938. The Labute approximate surface area is 200 Å². The molecule has 0 aliphatic heterocycles. The predicted octanol–water partition coefficient (Wildman–Crippen LogP) is 9.11. The van der Waals surface area contributed by atoms with Gasteiger partial charge in [-0.3, -0.25) is 4.98 Å². The Morgan fingerprint density at radius 3 is 1.85 bits per heavy atom. The first-order valence-corrected chi connectivity index (χ1v) is 11.5. The molecule has 164 valence electrons. The Morgan fingerprint density at radius 2 is 1.18 bits per heavy atom. The number of fused-ring (bicyclic) bond motifs is 3. The van der Waals surface area contributed by atoms with E-state index in [2.05, 4.69) is 77.8 Å². The lowest BCUT2D eigenvalue weighted by molar-refractivity contribution is 0.669. The SMILES string of the molecule is [2H]C(C)(C)c1ccnc(-c2ccc3oc4ccc(-c5ccc(-c6ccccc6)cc5)cc4c3c2)c1. The average Bonchev–Trinajstić information content (AvgIpc) is 3.26. The van der Waals surface area contributed by atoms with Gasteiger partial charge in [-0.05, 0) is 76.2 Å². The highest BCUT2D eigenvalue weighted by Gasteiger charge is 2.12. The second kappa shape index (κ2) is 8.31. The summed E-state index contributed by atoms with van der Waals surface area (Å²) < 4.78 is 14.5. The van der Waals surface area contributed by atoms with Crippen molar-refractivity contribution in [1.82, 2.24) is 4.98 Å². The molecule has 0 fully saturated rings. The normalized spacial score (nSPS) is 12.2. The fourth-order valence-electron chi connectivity index (χ4n) is 4.50. The van der Waals surface area contributed by atoms with Crippen LogP contribution in [0.15, 0.2) is 114 Å². The number of benzene rings is 4. The third-order valence-corrected chi connectivity index (χ3v) is 6.43. The highest BCUT2D eigenvalue weighted by atomic mass is 16.3. The number of rotatable bonds is 4. The molecule has 2 heteroatoms. The molecule has 0 saturated heterocycles. The van der Waals surface area contributed by atoms with Gasteiger partial charge in [0.15, 0.2) is 0 Å². The van der Waals surface area contributed by atoms with Crippen LogP contribution in [0.4, 0.5) is 0 Å². The van der Waals surface area contributed by atoms with Crippen molar-refractivity contribution in [1.29, 1.82) is 0 Å². The summed E-state index contributed by atoms with van der Waals surface area (Å²) in [5.41, 5.74) is 9.31. The Balaban J connectivity index is 1.41. The van der Waals surface area contributed by atoms with Crippen molar-refractivity contribution < 1.29 is 5.79 Å². The van der Waals surface area contributed by atoms with Crippen LogP contribution in [-0.4, -0.2) is 4.98 Å². The van der Waals surface area contributed by atoms with E-state index in [1.807, 2.05) is 44.2 Å². The molecule has 0 aliphatic rings. The fourth-order valence-corrected chi connectivity index (χ4v) is 4.50. The van der Waals surface area contributed by atoms with Gasteiger partial charge in [0.1, 0.15) is 11.2 Å². The molecule has 6 rings (SSSR count). The van der Waals surface area contributed by atoms with Gasteiger partial charge in [-0.2, -0.15) is 0 Å². The third-order valence-electron chi connectivity index (χ3n) is 6.43. The molecule has 0 atom stereocenters. The van der Waals surface area contributed by atoms with Crippen LogP contribution in [0.25, 0.3) is 55.4 Å². The van der Waals surface area contributed by atoms with Gasteiger partial charge in [0, 0.05) is 23.9 Å². The summed E-state index contributed by atoms with van der Waals surface area (Å²) >= 11 is 0. The quantitative estimate of drug-likeness (QED) is 0.273. The van der Waals surface area contributed by atoms with Gasteiger partial charge >= 0.3 is 0 Å². The lowest BCUT2D eigenvalue weighted by Crippen LogP contribution is -1.90. The van der Waals surface area contributed by atoms with E-state index in [1.165, 1.54) is 16.7 Å². The van der Waals surface area contributed by atoms with Gasteiger partial charge in [-0.1, -0.05) is 74.5 Å². The summed E-state index contributed by atoms with van der Waals surface area (Å²) in [6.07, 6.45) is 1.79. The zero-order valence-corrected chi connectivity index (χ0v) is 19.2. The molecule has 2 nitrogen and oxygen atoms in total. The lowest BCUT2D eigenvalue weighted by atomic mass is 9.98. The molecule has 0 N–H and O–H groups in total. The molecule has 0 aliphatic carbocycles. The molecule has 2 heterocycles. The maximum absolute atomic E-state index is 8.37. The van der Waals surface area contributed by atoms with E-state index in [4.69, 9.17) is 5.79 Å². The summed E-state index contributed by atoms with van der Waals surface area (Å²) in [5.74, 6) is -0.672. The Hall–Kier alpha value is -4.17. The molecule has 4 aromatic carbocycles. The van der Waals surface area contributed by atoms with Crippen molar-refractivity contribution in [2.24, 2.45) is 0 Å². The zero-order chi connectivity index (χ0) is 24.0.